The van der Waals surface area contributed by atoms with E-state index in [1.807, 2.05) is 14.0 Å². The van der Waals surface area contributed by atoms with Gasteiger partial charge in [-0.3, -0.25) is 9.58 Å². The van der Waals surface area contributed by atoms with Gasteiger partial charge >= 0.3 is 6.09 Å². The minimum atomic E-state index is -0.872. The first-order valence-corrected chi connectivity index (χ1v) is 4.11. The standard InChI is InChI=1S/C8H11N3O2/c1-5-7-6(3-9-10(7)2)4-11(5)8(12)13/h3,5H,4H2,1-2H3,(H,12,13). The van der Waals surface area contributed by atoms with E-state index in [-0.39, 0.29) is 6.04 Å². The molecule has 0 saturated heterocycles. The van der Waals surface area contributed by atoms with E-state index < -0.39 is 6.09 Å². The van der Waals surface area contributed by atoms with E-state index in [2.05, 4.69) is 5.10 Å². The zero-order valence-electron chi connectivity index (χ0n) is 7.56. The predicted molar refractivity (Wildman–Crippen MR) is 45.2 cm³/mol. The molecule has 0 spiro atoms. The number of carbonyl (C=O) groups is 1. The molecule has 0 radical (unpaired) electrons. The first-order chi connectivity index (χ1) is 6.11. The highest BCUT2D eigenvalue weighted by Gasteiger charge is 2.32. The van der Waals surface area contributed by atoms with E-state index in [0.717, 1.165) is 11.3 Å². The van der Waals surface area contributed by atoms with Gasteiger partial charge in [0.2, 0.25) is 0 Å². The molecule has 1 unspecified atom stereocenters. The van der Waals surface area contributed by atoms with Crippen molar-refractivity contribution in [1.82, 2.24) is 14.7 Å². The molecule has 70 valence electrons. The lowest BCUT2D eigenvalue weighted by molar-refractivity contribution is 0.131. The van der Waals surface area contributed by atoms with Crippen LogP contribution in [0.1, 0.15) is 24.2 Å². The first-order valence-electron chi connectivity index (χ1n) is 4.11. The van der Waals surface area contributed by atoms with Crippen molar-refractivity contribution in [2.45, 2.75) is 19.5 Å². The van der Waals surface area contributed by atoms with Gasteiger partial charge in [0.15, 0.2) is 0 Å². The first kappa shape index (κ1) is 8.10. The summed E-state index contributed by atoms with van der Waals surface area (Å²) >= 11 is 0. The number of hydrogen-bond acceptors (Lipinski definition) is 2. The van der Waals surface area contributed by atoms with E-state index in [4.69, 9.17) is 5.11 Å². The highest BCUT2D eigenvalue weighted by Crippen LogP contribution is 2.32. The summed E-state index contributed by atoms with van der Waals surface area (Å²) in [4.78, 5) is 12.2. The molecule has 2 rings (SSSR count). The highest BCUT2D eigenvalue weighted by molar-refractivity contribution is 5.67. The van der Waals surface area contributed by atoms with Crippen LogP contribution in [0.2, 0.25) is 0 Å². The second kappa shape index (κ2) is 2.48. The number of aromatic nitrogens is 2. The number of amides is 1. The van der Waals surface area contributed by atoms with Crippen molar-refractivity contribution in [2.75, 3.05) is 0 Å². The maximum atomic E-state index is 10.8. The summed E-state index contributed by atoms with van der Waals surface area (Å²) in [6, 6.07) is -0.0833. The fourth-order valence-corrected chi connectivity index (χ4v) is 1.85. The second-order valence-electron chi connectivity index (χ2n) is 3.27. The summed E-state index contributed by atoms with van der Waals surface area (Å²) in [5.74, 6) is 0. The lowest BCUT2D eigenvalue weighted by Gasteiger charge is -2.18. The molecule has 1 aromatic heterocycles. The average molecular weight is 181 g/mol. The molecule has 5 heteroatoms. The van der Waals surface area contributed by atoms with Crippen LogP contribution in [0.25, 0.3) is 0 Å². The Morgan fingerprint density at radius 2 is 2.46 bits per heavy atom. The van der Waals surface area contributed by atoms with Crippen LogP contribution in [-0.2, 0) is 13.6 Å². The van der Waals surface area contributed by atoms with Crippen LogP contribution in [-0.4, -0.2) is 25.9 Å². The van der Waals surface area contributed by atoms with Crippen LogP contribution >= 0.6 is 0 Å². The third-order valence-corrected chi connectivity index (χ3v) is 2.51. The summed E-state index contributed by atoms with van der Waals surface area (Å²) in [5.41, 5.74) is 2.01. The molecule has 1 amide bonds. The number of rotatable bonds is 0. The monoisotopic (exact) mass is 181 g/mol. The Kier molecular flexibility index (Phi) is 1.55. The molecule has 5 nitrogen and oxygen atoms in total. The van der Waals surface area contributed by atoms with Crippen LogP contribution in [0.15, 0.2) is 6.20 Å². The van der Waals surface area contributed by atoms with Crippen molar-refractivity contribution in [1.29, 1.82) is 0 Å². The van der Waals surface area contributed by atoms with Gasteiger partial charge in [-0.25, -0.2) is 4.79 Å². The summed E-state index contributed by atoms with van der Waals surface area (Å²) in [6.45, 7) is 2.33. The molecule has 0 saturated carbocycles. The molecular formula is C8H11N3O2. The van der Waals surface area contributed by atoms with E-state index >= 15 is 0 Å². The number of fused-ring (bicyclic) bond motifs is 1. The van der Waals surface area contributed by atoms with E-state index in [9.17, 15) is 4.79 Å². The zero-order chi connectivity index (χ0) is 9.59. The Balaban J connectivity index is 2.39. The molecule has 1 aliphatic rings. The van der Waals surface area contributed by atoms with Crippen molar-refractivity contribution in [3.63, 3.8) is 0 Å². The zero-order valence-corrected chi connectivity index (χ0v) is 7.56. The molecule has 1 aromatic rings. The molecule has 1 N–H and O–H groups in total. The Hall–Kier alpha value is -1.52. The van der Waals surface area contributed by atoms with Crippen LogP contribution in [0.5, 0.6) is 0 Å². The van der Waals surface area contributed by atoms with Crippen molar-refractivity contribution < 1.29 is 9.90 Å². The Labute approximate surface area is 75.6 Å². The molecular weight excluding hydrogens is 170 g/mol. The number of nitrogens with zero attached hydrogens (tertiary/aromatic N) is 3. The molecule has 13 heavy (non-hydrogen) atoms. The lowest BCUT2D eigenvalue weighted by Crippen LogP contribution is -2.27. The normalized spacial score (nSPS) is 20.5. The topological polar surface area (TPSA) is 58.4 Å². The average Bonchev–Trinajstić information content (AvgIpc) is 2.55. The van der Waals surface area contributed by atoms with Gasteiger partial charge in [0.05, 0.1) is 24.5 Å². The van der Waals surface area contributed by atoms with Crippen molar-refractivity contribution in [3.05, 3.63) is 17.5 Å². The van der Waals surface area contributed by atoms with Crippen molar-refractivity contribution in [2.24, 2.45) is 7.05 Å². The number of carboxylic acid groups (broad SMARTS) is 1. The third kappa shape index (κ3) is 0.998. The summed E-state index contributed by atoms with van der Waals surface area (Å²) in [6.07, 6.45) is 0.859. The number of aryl methyl sites for hydroxylation is 1. The smallest absolute Gasteiger partial charge is 0.408 e. The van der Waals surface area contributed by atoms with Gasteiger partial charge in [-0.1, -0.05) is 0 Å². The summed E-state index contributed by atoms with van der Waals surface area (Å²) in [5, 5.41) is 12.9. The molecule has 1 atom stereocenters. The Morgan fingerprint density at radius 3 is 3.00 bits per heavy atom. The maximum absolute atomic E-state index is 10.8. The summed E-state index contributed by atoms with van der Waals surface area (Å²) < 4.78 is 1.74. The SMILES string of the molecule is CC1c2c(cnn2C)CN1C(=O)O. The van der Waals surface area contributed by atoms with E-state index in [1.165, 1.54) is 4.90 Å². The van der Waals surface area contributed by atoms with Gasteiger partial charge in [-0.2, -0.15) is 5.10 Å². The van der Waals surface area contributed by atoms with Crippen molar-refractivity contribution in [3.8, 4) is 0 Å². The fraction of sp³-hybridized carbons (Fsp3) is 0.500. The van der Waals surface area contributed by atoms with Gasteiger partial charge < -0.3 is 5.11 Å². The Bertz CT molecular complexity index is 358. The fourth-order valence-electron chi connectivity index (χ4n) is 1.85. The molecule has 1 aliphatic heterocycles. The minimum Gasteiger partial charge on any atom is -0.465 e. The Morgan fingerprint density at radius 1 is 1.77 bits per heavy atom. The maximum Gasteiger partial charge on any atom is 0.408 e. The second-order valence-corrected chi connectivity index (χ2v) is 3.27. The quantitative estimate of drug-likeness (QED) is 0.648. The van der Waals surface area contributed by atoms with E-state index in [1.54, 1.807) is 10.9 Å². The molecule has 0 fully saturated rings. The van der Waals surface area contributed by atoms with Gasteiger partial charge in [-0.05, 0) is 6.92 Å². The molecule has 2 heterocycles. The van der Waals surface area contributed by atoms with Crippen LogP contribution in [0.4, 0.5) is 4.79 Å². The van der Waals surface area contributed by atoms with Crippen LogP contribution in [0, 0.1) is 0 Å². The molecule has 0 aromatic carbocycles. The number of hydrogen-bond donors (Lipinski definition) is 1. The van der Waals surface area contributed by atoms with Gasteiger partial charge in [0, 0.05) is 12.6 Å². The third-order valence-electron chi connectivity index (χ3n) is 2.51. The van der Waals surface area contributed by atoms with Gasteiger partial charge in [-0.15, -0.1) is 0 Å². The highest BCUT2D eigenvalue weighted by atomic mass is 16.4. The van der Waals surface area contributed by atoms with Crippen molar-refractivity contribution >= 4 is 6.09 Å². The molecule has 0 aliphatic carbocycles. The lowest BCUT2D eigenvalue weighted by atomic mass is 10.2. The summed E-state index contributed by atoms with van der Waals surface area (Å²) in [7, 11) is 1.83. The van der Waals surface area contributed by atoms with Gasteiger partial charge in [0.25, 0.3) is 0 Å². The largest absolute Gasteiger partial charge is 0.465 e. The van der Waals surface area contributed by atoms with Crippen LogP contribution in [0.3, 0.4) is 0 Å². The van der Waals surface area contributed by atoms with E-state index in [0.29, 0.717) is 6.54 Å². The van der Waals surface area contributed by atoms with Gasteiger partial charge in [0.1, 0.15) is 0 Å². The molecule has 0 bridgehead atoms. The minimum absolute atomic E-state index is 0.0833. The predicted octanol–water partition coefficient (Wildman–Crippen LogP) is 0.975. The van der Waals surface area contributed by atoms with Crippen LogP contribution < -0.4 is 0 Å².